The Balaban J connectivity index is 2.04. The van der Waals surface area contributed by atoms with E-state index in [0.29, 0.717) is 19.7 Å². The van der Waals surface area contributed by atoms with Crippen LogP contribution in [-0.2, 0) is 16.1 Å². The highest BCUT2D eigenvalue weighted by Gasteiger charge is 2.41. The fourth-order valence-electron chi connectivity index (χ4n) is 1.92. The molecule has 2 rings (SSSR count). The normalized spacial score (nSPS) is 20.3. The number of carboxylic acids is 1. The van der Waals surface area contributed by atoms with Gasteiger partial charge in [-0.05, 0) is 19.1 Å². The van der Waals surface area contributed by atoms with Gasteiger partial charge in [0.2, 0.25) is 5.88 Å². The van der Waals surface area contributed by atoms with Crippen LogP contribution in [0.5, 0.6) is 5.88 Å². The van der Waals surface area contributed by atoms with E-state index in [4.69, 9.17) is 14.6 Å². The van der Waals surface area contributed by atoms with Crippen LogP contribution in [-0.4, -0.2) is 53.2 Å². The van der Waals surface area contributed by atoms with Crippen molar-refractivity contribution in [2.24, 2.45) is 0 Å². The van der Waals surface area contributed by atoms with Gasteiger partial charge in [-0.1, -0.05) is 0 Å². The molecular formula is C13H16N2O5. The average Bonchev–Trinajstić information content (AvgIpc) is 3.18. The van der Waals surface area contributed by atoms with E-state index >= 15 is 0 Å². The van der Waals surface area contributed by atoms with Crippen LogP contribution in [0, 0.1) is 0 Å². The summed E-state index contributed by atoms with van der Waals surface area (Å²) in [6.07, 6.45) is 0. The van der Waals surface area contributed by atoms with Crippen molar-refractivity contribution in [3.63, 3.8) is 0 Å². The Kier molecular flexibility index (Phi) is 4.19. The van der Waals surface area contributed by atoms with Gasteiger partial charge >= 0.3 is 11.9 Å². The van der Waals surface area contributed by atoms with Crippen LogP contribution >= 0.6 is 0 Å². The van der Waals surface area contributed by atoms with Crippen LogP contribution in [0.3, 0.4) is 0 Å². The van der Waals surface area contributed by atoms with Gasteiger partial charge in [-0.3, -0.25) is 9.69 Å². The van der Waals surface area contributed by atoms with Crippen molar-refractivity contribution >= 4 is 11.9 Å². The first-order valence-corrected chi connectivity index (χ1v) is 6.24. The molecule has 108 valence electrons. The number of methoxy groups -OCH3 is 1. The highest BCUT2D eigenvalue weighted by Crippen LogP contribution is 2.26. The van der Waals surface area contributed by atoms with E-state index in [-0.39, 0.29) is 23.6 Å². The molecule has 0 radical (unpaired) electrons. The zero-order chi connectivity index (χ0) is 14.7. The molecule has 1 saturated heterocycles. The van der Waals surface area contributed by atoms with Crippen molar-refractivity contribution < 1.29 is 24.2 Å². The Morgan fingerprint density at radius 2 is 2.25 bits per heavy atom. The monoisotopic (exact) mass is 280 g/mol. The minimum absolute atomic E-state index is 0.0710. The number of hydrogen-bond acceptors (Lipinski definition) is 6. The average molecular weight is 280 g/mol. The second-order valence-electron chi connectivity index (χ2n) is 4.37. The third-order valence-electron chi connectivity index (χ3n) is 3.00. The summed E-state index contributed by atoms with van der Waals surface area (Å²) in [7, 11) is 1.43. The van der Waals surface area contributed by atoms with Gasteiger partial charge in [0.15, 0.2) is 5.69 Å². The van der Waals surface area contributed by atoms with Gasteiger partial charge in [-0.25, -0.2) is 9.78 Å². The van der Waals surface area contributed by atoms with Gasteiger partial charge in [0.1, 0.15) is 6.04 Å². The van der Waals surface area contributed by atoms with Crippen molar-refractivity contribution in [2.75, 3.05) is 20.3 Å². The molecule has 1 aromatic rings. The number of carboxylic acid groups (broad SMARTS) is 1. The molecule has 0 bridgehead atoms. The minimum atomic E-state index is -1.11. The topological polar surface area (TPSA) is 88.7 Å². The second-order valence-corrected chi connectivity index (χ2v) is 4.37. The van der Waals surface area contributed by atoms with Crippen molar-refractivity contribution in [1.29, 1.82) is 0 Å². The van der Waals surface area contributed by atoms with Gasteiger partial charge in [0.05, 0.1) is 13.7 Å². The summed E-state index contributed by atoms with van der Waals surface area (Å²) in [4.78, 5) is 28.2. The molecule has 7 nitrogen and oxygen atoms in total. The molecule has 1 aliphatic rings. The third-order valence-corrected chi connectivity index (χ3v) is 3.00. The SMILES string of the molecule is CCOC(=O)C1CN1Cc1ccc(C(=O)O)nc1OC. The predicted molar refractivity (Wildman–Crippen MR) is 68.6 cm³/mol. The summed E-state index contributed by atoms with van der Waals surface area (Å²) in [5.41, 5.74) is 0.669. The van der Waals surface area contributed by atoms with E-state index < -0.39 is 5.97 Å². The maximum atomic E-state index is 11.5. The minimum Gasteiger partial charge on any atom is -0.481 e. The van der Waals surface area contributed by atoms with Gasteiger partial charge in [0.25, 0.3) is 0 Å². The van der Waals surface area contributed by atoms with E-state index in [9.17, 15) is 9.59 Å². The molecule has 0 saturated carbocycles. The third kappa shape index (κ3) is 3.05. The Bertz CT molecular complexity index is 531. The van der Waals surface area contributed by atoms with Gasteiger partial charge < -0.3 is 14.6 Å². The number of hydrogen-bond donors (Lipinski definition) is 1. The summed E-state index contributed by atoms with van der Waals surface area (Å²) in [6, 6.07) is 2.85. The first-order chi connectivity index (χ1) is 9.56. The molecule has 1 fully saturated rings. The van der Waals surface area contributed by atoms with Crippen LogP contribution < -0.4 is 4.74 Å². The molecule has 2 atom stereocenters. The van der Waals surface area contributed by atoms with Gasteiger partial charge in [-0.15, -0.1) is 0 Å². The Hall–Kier alpha value is -2.15. The largest absolute Gasteiger partial charge is 0.481 e. The molecule has 2 heterocycles. The van der Waals surface area contributed by atoms with Crippen LogP contribution in [0.1, 0.15) is 23.0 Å². The molecule has 0 amide bonds. The van der Waals surface area contributed by atoms with Gasteiger partial charge in [-0.2, -0.15) is 0 Å². The number of carbonyl (C=O) groups is 2. The highest BCUT2D eigenvalue weighted by molar-refractivity contribution is 5.85. The number of carbonyl (C=O) groups excluding carboxylic acids is 1. The molecule has 7 heteroatoms. The molecule has 1 aliphatic heterocycles. The first-order valence-electron chi connectivity index (χ1n) is 6.24. The van der Waals surface area contributed by atoms with Crippen LogP contribution in [0.15, 0.2) is 12.1 Å². The highest BCUT2D eigenvalue weighted by atomic mass is 16.5. The first kappa shape index (κ1) is 14.3. The number of esters is 1. The van der Waals surface area contributed by atoms with Crippen LogP contribution in [0.25, 0.3) is 0 Å². The Morgan fingerprint density at radius 3 is 2.85 bits per heavy atom. The van der Waals surface area contributed by atoms with Crippen LogP contribution in [0.4, 0.5) is 0 Å². The van der Waals surface area contributed by atoms with Crippen molar-refractivity contribution in [2.45, 2.75) is 19.5 Å². The lowest BCUT2D eigenvalue weighted by molar-refractivity contribution is -0.143. The number of aromatic nitrogens is 1. The smallest absolute Gasteiger partial charge is 0.354 e. The van der Waals surface area contributed by atoms with Crippen molar-refractivity contribution in [3.05, 3.63) is 23.4 Å². The quantitative estimate of drug-likeness (QED) is 0.600. The van der Waals surface area contributed by atoms with Crippen molar-refractivity contribution in [3.8, 4) is 5.88 Å². The Labute approximate surface area is 116 Å². The van der Waals surface area contributed by atoms with Gasteiger partial charge in [0, 0.05) is 18.7 Å². The predicted octanol–water partition coefficient (Wildman–Crippen LogP) is 0.536. The fraction of sp³-hybridized carbons (Fsp3) is 0.462. The van der Waals surface area contributed by atoms with Crippen LogP contribution in [0.2, 0.25) is 0 Å². The number of rotatable bonds is 6. The number of aromatic carboxylic acids is 1. The summed E-state index contributed by atoms with van der Waals surface area (Å²) in [5, 5.41) is 8.87. The molecule has 0 spiro atoms. The molecule has 0 aliphatic carbocycles. The fourth-order valence-corrected chi connectivity index (χ4v) is 1.92. The second kappa shape index (κ2) is 5.87. The maximum absolute atomic E-state index is 11.5. The lowest BCUT2D eigenvalue weighted by Crippen LogP contribution is -2.16. The zero-order valence-electron chi connectivity index (χ0n) is 11.3. The molecular weight excluding hydrogens is 264 g/mol. The summed E-state index contributed by atoms with van der Waals surface area (Å²) in [6.45, 7) is 3.23. The summed E-state index contributed by atoms with van der Waals surface area (Å²) >= 11 is 0. The molecule has 1 N–H and O–H groups in total. The zero-order valence-corrected chi connectivity index (χ0v) is 11.3. The Morgan fingerprint density at radius 1 is 1.50 bits per heavy atom. The standard InChI is InChI=1S/C13H16N2O5/c1-3-20-13(18)10-7-15(10)6-8-4-5-9(12(16)17)14-11(8)19-2/h4-5,10H,3,6-7H2,1-2H3,(H,16,17). The van der Waals surface area contributed by atoms with E-state index in [1.807, 2.05) is 4.90 Å². The molecule has 20 heavy (non-hydrogen) atoms. The summed E-state index contributed by atoms with van der Waals surface area (Å²) < 4.78 is 10.0. The lowest BCUT2D eigenvalue weighted by Gasteiger charge is -2.09. The maximum Gasteiger partial charge on any atom is 0.354 e. The summed E-state index contributed by atoms with van der Waals surface area (Å²) in [5.74, 6) is -1.08. The van der Waals surface area contributed by atoms with E-state index in [0.717, 1.165) is 5.56 Å². The van der Waals surface area contributed by atoms with E-state index in [1.54, 1.807) is 13.0 Å². The number of ether oxygens (including phenoxy) is 2. The molecule has 1 aromatic heterocycles. The van der Waals surface area contributed by atoms with E-state index in [1.165, 1.54) is 13.2 Å². The number of nitrogens with zero attached hydrogens (tertiary/aromatic N) is 2. The van der Waals surface area contributed by atoms with Crippen molar-refractivity contribution in [1.82, 2.24) is 9.88 Å². The number of pyridine rings is 1. The molecule has 2 unspecified atom stereocenters. The molecule has 0 aromatic carbocycles. The lowest BCUT2D eigenvalue weighted by atomic mass is 10.2. The van der Waals surface area contributed by atoms with E-state index in [2.05, 4.69) is 4.98 Å².